The molecule has 2 saturated heterocycles. The van der Waals surface area contributed by atoms with Crippen LogP contribution in [0.25, 0.3) is 11.0 Å². The van der Waals surface area contributed by atoms with Crippen molar-refractivity contribution in [3.63, 3.8) is 0 Å². The molecule has 0 unspecified atom stereocenters. The van der Waals surface area contributed by atoms with Gasteiger partial charge in [-0.05, 0) is 25.8 Å². The Hall–Kier alpha value is -2.14. The molecule has 2 aromatic rings. The predicted octanol–water partition coefficient (Wildman–Crippen LogP) is 2.71. The van der Waals surface area contributed by atoms with Gasteiger partial charge in [0.05, 0.1) is 6.54 Å². The fourth-order valence-corrected chi connectivity index (χ4v) is 3.66. The second-order valence-corrected chi connectivity index (χ2v) is 6.40. The normalized spacial score (nSPS) is 24.7. The highest BCUT2D eigenvalue weighted by Crippen LogP contribution is 2.34. The monoisotopic (exact) mass is 313 g/mol. The molecule has 3 heterocycles. The number of rotatable bonds is 1. The smallest absolute Gasteiger partial charge is 0.290 e. The number of carbonyl (C=O) groups is 2. The molecule has 0 aliphatic carbocycles. The van der Waals surface area contributed by atoms with Crippen LogP contribution in [0.15, 0.2) is 28.7 Å². The second kappa shape index (κ2) is 5.20. The Morgan fingerprint density at radius 3 is 2.78 bits per heavy atom. The summed E-state index contributed by atoms with van der Waals surface area (Å²) in [6.07, 6.45) is 2.27. The summed E-state index contributed by atoms with van der Waals surface area (Å²) in [7, 11) is 0. The molecule has 4 rings (SSSR count). The molecule has 2 aliphatic rings. The number of Topliss-reactive ketones (excluding diaryl/α,β-unsaturated/α-hetero) is 1. The summed E-state index contributed by atoms with van der Waals surface area (Å²) in [6.45, 7) is 3.16. The number of benzene rings is 1. The minimum absolute atomic E-state index is 0.0170. The van der Waals surface area contributed by atoms with E-state index >= 15 is 0 Å². The largest absolute Gasteiger partial charge is 0.451 e. The lowest BCUT2D eigenvalue weighted by atomic mass is 9.87. The van der Waals surface area contributed by atoms with Crippen LogP contribution in [0.3, 0.4) is 0 Å². The van der Waals surface area contributed by atoms with Crippen LogP contribution in [0.4, 0.5) is 0 Å². The lowest BCUT2D eigenvalue weighted by Crippen LogP contribution is -2.53. The van der Waals surface area contributed by atoms with E-state index in [0.29, 0.717) is 30.9 Å². The van der Waals surface area contributed by atoms with Crippen molar-refractivity contribution >= 4 is 22.7 Å². The Kier molecular flexibility index (Phi) is 3.27. The fourth-order valence-electron chi connectivity index (χ4n) is 3.66. The molecule has 23 heavy (non-hydrogen) atoms. The highest BCUT2D eigenvalue weighted by molar-refractivity contribution is 6.02. The molecule has 1 atom stereocenters. The molecule has 0 saturated carbocycles. The quantitative estimate of drug-likeness (QED) is 0.812. The van der Waals surface area contributed by atoms with E-state index in [9.17, 15) is 9.59 Å². The third kappa shape index (κ3) is 2.18. The highest BCUT2D eigenvalue weighted by Gasteiger charge is 2.46. The van der Waals surface area contributed by atoms with Crippen LogP contribution < -0.4 is 0 Å². The number of hydrogen-bond acceptors (Lipinski definition) is 4. The van der Waals surface area contributed by atoms with E-state index in [1.54, 1.807) is 4.90 Å². The first kappa shape index (κ1) is 14.5. The summed E-state index contributed by atoms with van der Waals surface area (Å²) in [5, 5.41) is 0.940. The number of fused-ring (bicyclic) bond motifs is 1. The number of ether oxygens (including phenoxy) is 1. The molecular weight excluding hydrogens is 294 g/mol. The van der Waals surface area contributed by atoms with Gasteiger partial charge in [-0.15, -0.1) is 0 Å². The molecule has 1 aromatic heterocycles. The van der Waals surface area contributed by atoms with Gasteiger partial charge in [-0.25, -0.2) is 0 Å². The van der Waals surface area contributed by atoms with Crippen LogP contribution in [0.1, 0.15) is 35.4 Å². The number of hydrogen-bond donors (Lipinski definition) is 0. The van der Waals surface area contributed by atoms with Gasteiger partial charge in [-0.1, -0.05) is 18.2 Å². The average molecular weight is 313 g/mol. The topological polar surface area (TPSA) is 59.8 Å². The first-order valence-corrected chi connectivity index (χ1v) is 8.05. The van der Waals surface area contributed by atoms with Crippen molar-refractivity contribution in [2.75, 3.05) is 19.7 Å². The molecular formula is C18H19NO4. The summed E-state index contributed by atoms with van der Waals surface area (Å²) in [5.41, 5.74) is 0.891. The Morgan fingerprint density at radius 2 is 2.09 bits per heavy atom. The van der Waals surface area contributed by atoms with Gasteiger partial charge in [0, 0.05) is 30.5 Å². The lowest BCUT2D eigenvalue weighted by Gasteiger charge is -2.36. The molecule has 5 nitrogen and oxygen atoms in total. The molecule has 0 bridgehead atoms. The maximum Gasteiger partial charge on any atom is 0.290 e. The van der Waals surface area contributed by atoms with E-state index in [-0.39, 0.29) is 18.2 Å². The molecule has 1 spiro atoms. The number of amides is 1. The minimum atomic E-state index is -0.639. The fraction of sp³-hybridized carbons (Fsp3) is 0.444. The summed E-state index contributed by atoms with van der Waals surface area (Å²) < 4.78 is 11.4. The van der Waals surface area contributed by atoms with Crippen molar-refractivity contribution in [1.29, 1.82) is 0 Å². The molecule has 2 fully saturated rings. The van der Waals surface area contributed by atoms with Gasteiger partial charge >= 0.3 is 0 Å². The maximum atomic E-state index is 12.8. The maximum absolute atomic E-state index is 12.8. The van der Waals surface area contributed by atoms with E-state index in [0.717, 1.165) is 23.8 Å². The molecule has 5 heteroatoms. The van der Waals surface area contributed by atoms with Crippen LogP contribution in [0.5, 0.6) is 0 Å². The van der Waals surface area contributed by atoms with Gasteiger partial charge in [0.15, 0.2) is 11.5 Å². The van der Waals surface area contributed by atoms with E-state index in [1.165, 1.54) is 0 Å². The number of carbonyl (C=O) groups excluding carboxylic acids is 2. The van der Waals surface area contributed by atoms with E-state index in [2.05, 4.69) is 0 Å². The molecule has 2 aliphatic heterocycles. The zero-order valence-electron chi connectivity index (χ0n) is 13.1. The van der Waals surface area contributed by atoms with E-state index < -0.39 is 5.60 Å². The van der Waals surface area contributed by atoms with Crippen molar-refractivity contribution in [2.24, 2.45) is 0 Å². The molecule has 1 amide bonds. The van der Waals surface area contributed by atoms with Gasteiger partial charge in [-0.2, -0.15) is 0 Å². The SMILES string of the molecule is Cc1c(C(=O)N2CC[C@@]3(CCCO3)C(=O)C2)oc2ccccc12. The number of nitrogens with zero attached hydrogens (tertiary/aromatic N) is 1. The third-order valence-electron chi connectivity index (χ3n) is 5.06. The van der Waals surface area contributed by atoms with Crippen LogP contribution in [0, 0.1) is 6.92 Å². The molecule has 1 aromatic carbocycles. The Labute approximate surface area is 134 Å². The van der Waals surface area contributed by atoms with Crippen molar-refractivity contribution in [2.45, 2.75) is 31.8 Å². The summed E-state index contributed by atoms with van der Waals surface area (Å²) in [5.74, 6) is 0.144. The number of piperidine rings is 1. The average Bonchev–Trinajstić information content (AvgIpc) is 3.16. The van der Waals surface area contributed by atoms with Crippen LogP contribution in [-0.2, 0) is 9.53 Å². The van der Waals surface area contributed by atoms with Crippen molar-refractivity contribution in [3.8, 4) is 0 Å². The second-order valence-electron chi connectivity index (χ2n) is 6.40. The predicted molar refractivity (Wildman–Crippen MR) is 84.4 cm³/mol. The third-order valence-corrected chi connectivity index (χ3v) is 5.06. The Morgan fingerprint density at radius 1 is 1.26 bits per heavy atom. The van der Waals surface area contributed by atoms with Gasteiger partial charge < -0.3 is 14.1 Å². The first-order chi connectivity index (χ1) is 11.1. The number of para-hydroxylation sites is 1. The van der Waals surface area contributed by atoms with Gasteiger partial charge in [0.2, 0.25) is 0 Å². The van der Waals surface area contributed by atoms with E-state index in [4.69, 9.17) is 9.15 Å². The van der Waals surface area contributed by atoms with Crippen molar-refractivity contribution in [1.82, 2.24) is 4.90 Å². The minimum Gasteiger partial charge on any atom is -0.451 e. The summed E-state index contributed by atoms with van der Waals surface area (Å²) in [4.78, 5) is 26.8. The molecule has 0 N–H and O–H groups in total. The molecule has 0 radical (unpaired) electrons. The summed E-state index contributed by atoms with van der Waals surface area (Å²) in [6, 6.07) is 7.59. The zero-order chi connectivity index (χ0) is 16.0. The van der Waals surface area contributed by atoms with Crippen LogP contribution >= 0.6 is 0 Å². The first-order valence-electron chi connectivity index (χ1n) is 8.05. The Bertz CT molecular complexity index is 785. The van der Waals surface area contributed by atoms with Crippen LogP contribution in [-0.4, -0.2) is 41.9 Å². The van der Waals surface area contributed by atoms with Crippen LogP contribution in [0.2, 0.25) is 0 Å². The van der Waals surface area contributed by atoms with Gasteiger partial charge in [0.25, 0.3) is 5.91 Å². The number of ketones is 1. The standard InChI is InChI=1S/C18H19NO4/c1-12-13-5-2-3-6-14(13)23-16(12)17(21)19-9-8-18(15(20)11-19)7-4-10-22-18/h2-3,5-6H,4,7-11H2,1H3/t18-/m0/s1. The highest BCUT2D eigenvalue weighted by atomic mass is 16.5. The lowest BCUT2D eigenvalue weighted by molar-refractivity contribution is -0.144. The zero-order valence-corrected chi connectivity index (χ0v) is 13.1. The Balaban J connectivity index is 1.59. The number of aryl methyl sites for hydroxylation is 1. The van der Waals surface area contributed by atoms with Gasteiger partial charge in [0.1, 0.15) is 11.2 Å². The van der Waals surface area contributed by atoms with Crippen molar-refractivity contribution in [3.05, 3.63) is 35.6 Å². The molecule has 120 valence electrons. The summed E-state index contributed by atoms with van der Waals surface area (Å²) >= 11 is 0. The number of furan rings is 1. The number of likely N-dealkylation sites (tertiary alicyclic amines) is 1. The van der Waals surface area contributed by atoms with E-state index in [1.807, 2.05) is 31.2 Å². The van der Waals surface area contributed by atoms with Crippen molar-refractivity contribution < 1.29 is 18.7 Å². The van der Waals surface area contributed by atoms with Gasteiger partial charge in [-0.3, -0.25) is 9.59 Å².